The van der Waals surface area contributed by atoms with Gasteiger partial charge in [-0.2, -0.15) is 0 Å². The second-order valence-electron chi connectivity index (χ2n) is 5.02. The van der Waals surface area contributed by atoms with Crippen molar-refractivity contribution in [2.45, 2.75) is 32.3 Å². The highest BCUT2D eigenvalue weighted by molar-refractivity contribution is 9.10. The Morgan fingerprint density at radius 3 is 2.65 bits per heavy atom. The molecule has 0 spiro atoms. The van der Waals surface area contributed by atoms with Gasteiger partial charge in [0.15, 0.2) is 0 Å². The summed E-state index contributed by atoms with van der Waals surface area (Å²) in [6.45, 7) is 3.03. The van der Waals surface area contributed by atoms with Gasteiger partial charge < -0.3 is 10.5 Å². The van der Waals surface area contributed by atoms with Gasteiger partial charge in [-0.05, 0) is 49.6 Å². The maximum Gasteiger partial charge on any atom is 0.119 e. The fraction of sp³-hybridized carbons (Fsp3) is 0.571. The molecule has 1 saturated carbocycles. The van der Waals surface area contributed by atoms with E-state index in [9.17, 15) is 0 Å². The summed E-state index contributed by atoms with van der Waals surface area (Å²) in [5.41, 5.74) is 5.83. The number of rotatable bonds is 3. The van der Waals surface area contributed by atoms with E-state index in [4.69, 9.17) is 10.5 Å². The van der Waals surface area contributed by atoms with Gasteiger partial charge in [-0.25, -0.2) is 0 Å². The Balaban J connectivity index is 2.02. The molecule has 0 aromatic heterocycles. The third-order valence-electron chi connectivity index (χ3n) is 3.59. The molecule has 0 heterocycles. The molecule has 3 heteroatoms. The molecule has 3 unspecified atom stereocenters. The third kappa shape index (κ3) is 3.46. The van der Waals surface area contributed by atoms with Crippen LogP contribution in [0.25, 0.3) is 0 Å². The number of ether oxygens (including phenoxy) is 1. The van der Waals surface area contributed by atoms with Crippen LogP contribution >= 0.6 is 15.9 Å². The van der Waals surface area contributed by atoms with Gasteiger partial charge in [-0.15, -0.1) is 0 Å². The van der Waals surface area contributed by atoms with Crippen molar-refractivity contribution in [3.63, 3.8) is 0 Å². The number of halogens is 1. The molecular formula is C14H20BrNO. The number of nitrogens with two attached hydrogens (primary N) is 1. The maximum atomic E-state index is 6.08. The van der Waals surface area contributed by atoms with Crippen LogP contribution in [0.3, 0.4) is 0 Å². The van der Waals surface area contributed by atoms with E-state index in [0.717, 1.165) is 29.1 Å². The van der Waals surface area contributed by atoms with E-state index in [0.29, 0.717) is 5.92 Å². The Hall–Kier alpha value is -0.540. The lowest BCUT2D eigenvalue weighted by Crippen LogP contribution is -2.37. The van der Waals surface area contributed by atoms with Gasteiger partial charge in [0.1, 0.15) is 11.9 Å². The lowest BCUT2D eigenvalue weighted by molar-refractivity contribution is 0.0742. The Morgan fingerprint density at radius 2 is 2.00 bits per heavy atom. The molecule has 3 atom stereocenters. The van der Waals surface area contributed by atoms with Gasteiger partial charge in [0.05, 0.1) is 0 Å². The first-order valence-corrected chi connectivity index (χ1v) is 7.10. The van der Waals surface area contributed by atoms with Crippen LogP contribution in [-0.4, -0.2) is 12.6 Å². The Morgan fingerprint density at radius 1 is 1.29 bits per heavy atom. The second kappa shape index (κ2) is 5.87. The van der Waals surface area contributed by atoms with Crippen LogP contribution < -0.4 is 10.5 Å². The van der Waals surface area contributed by atoms with Gasteiger partial charge in [-0.1, -0.05) is 29.3 Å². The van der Waals surface area contributed by atoms with Crippen molar-refractivity contribution in [3.05, 3.63) is 28.7 Å². The van der Waals surface area contributed by atoms with Gasteiger partial charge in [0, 0.05) is 10.4 Å². The van der Waals surface area contributed by atoms with Crippen molar-refractivity contribution in [2.24, 2.45) is 17.6 Å². The third-order valence-corrected chi connectivity index (χ3v) is 4.12. The summed E-state index contributed by atoms with van der Waals surface area (Å²) in [5.74, 6) is 2.21. The molecule has 1 fully saturated rings. The molecule has 1 aliphatic rings. The Labute approximate surface area is 112 Å². The first-order valence-electron chi connectivity index (χ1n) is 6.31. The van der Waals surface area contributed by atoms with Gasteiger partial charge in [0.25, 0.3) is 0 Å². The lowest BCUT2D eigenvalue weighted by atomic mass is 9.80. The van der Waals surface area contributed by atoms with Crippen LogP contribution in [0.1, 0.15) is 26.2 Å². The first-order chi connectivity index (χ1) is 8.19. The van der Waals surface area contributed by atoms with E-state index >= 15 is 0 Å². The minimum atomic E-state index is 0.282. The minimum Gasteiger partial charge on any atom is -0.490 e. The molecule has 0 aliphatic heterocycles. The second-order valence-corrected chi connectivity index (χ2v) is 5.94. The highest BCUT2D eigenvalue weighted by Gasteiger charge is 2.29. The van der Waals surface area contributed by atoms with E-state index in [1.165, 1.54) is 12.8 Å². The summed E-state index contributed by atoms with van der Waals surface area (Å²) < 4.78 is 7.16. The molecule has 1 aliphatic carbocycles. The fourth-order valence-corrected chi connectivity index (χ4v) is 2.76. The molecule has 0 radical (unpaired) electrons. The first kappa shape index (κ1) is 12.9. The van der Waals surface area contributed by atoms with Gasteiger partial charge in [-0.3, -0.25) is 0 Å². The topological polar surface area (TPSA) is 35.2 Å². The smallest absolute Gasteiger partial charge is 0.119 e. The van der Waals surface area contributed by atoms with Crippen molar-refractivity contribution < 1.29 is 4.74 Å². The predicted molar refractivity (Wildman–Crippen MR) is 74.1 cm³/mol. The van der Waals surface area contributed by atoms with Gasteiger partial charge in [0.2, 0.25) is 0 Å². The van der Waals surface area contributed by atoms with Crippen molar-refractivity contribution in [3.8, 4) is 5.75 Å². The molecule has 1 aromatic carbocycles. The van der Waals surface area contributed by atoms with Crippen LogP contribution in [0.5, 0.6) is 5.75 Å². The van der Waals surface area contributed by atoms with Crippen LogP contribution in [0.15, 0.2) is 28.7 Å². The van der Waals surface area contributed by atoms with Gasteiger partial charge >= 0.3 is 0 Å². The number of benzene rings is 1. The van der Waals surface area contributed by atoms with Crippen molar-refractivity contribution in [1.29, 1.82) is 0 Å². The normalized spacial score (nSPS) is 29.0. The summed E-state index contributed by atoms with van der Waals surface area (Å²) in [6.07, 6.45) is 3.88. The van der Waals surface area contributed by atoms with Crippen LogP contribution in [0, 0.1) is 11.8 Å². The Kier molecular flexibility index (Phi) is 4.46. The zero-order valence-electron chi connectivity index (χ0n) is 10.2. The van der Waals surface area contributed by atoms with E-state index in [-0.39, 0.29) is 6.10 Å². The summed E-state index contributed by atoms with van der Waals surface area (Å²) >= 11 is 3.43. The fourth-order valence-electron chi connectivity index (χ4n) is 2.49. The van der Waals surface area contributed by atoms with E-state index < -0.39 is 0 Å². The summed E-state index contributed by atoms with van der Waals surface area (Å²) in [7, 11) is 0. The number of hydrogen-bond donors (Lipinski definition) is 1. The van der Waals surface area contributed by atoms with Crippen LogP contribution in [-0.2, 0) is 0 Å². The summed E-state index contributed by atoms with van der Waals surface area (Å²) in [6, 6.07) is 8.05. The van der Waals surface area contributed by atoms with Crippen molar-refractivity contribution >= 4 is 15.9 Å². The Bertz CT molecular complexity index is 352. The minimum absolute atomic E-state index is 0.282. The highest BCUT2D eigenvalue weighted by Crippen LogP contribution is 2.31. The molecule has 2 nitrogen and oxygen atoms in total. The monoisotopic (exact) mass is 297 g/mol. The standard InChI is InChI=1S/C14H20BrNO/c1-10-2-3-11(9-16)14(8-10)17-13-6-4-12(15)5-7-13/h4-7,10-11,14H,2-3,8-9,16H2,1H3. The zero-order chi connectivity index (χ0) is 12.3. The summed E-state index contributed by atoms with van der Waals surface area (Å²) in [4.78, 5) is 0. The molecule has 1 aromatic rings. The molecular weight excluding hydrogens is 278 g/mol. The van der Waals surface area contributed by atoms with E-state index in [1.54, 1.807) is 0 Å². The zero-order valence-corrected chi connectivity index (χ0v) is 11.8. The average molecular weight is 298 g/mol. The largest absolute Gasteiger partial charge is 0.490 e. The van der Waals surface area contributed by atoms with Crippen LogP contribution in [0.2, 0.25) is 0 Å². The SMILES string of the molecule is CC1CCC(CN)C(Oc2ccc(Br)cc2)C1. The average Bonchev–Trinajstić information content (AvgIpc) is 2.32. The highest BCUT2D eigenvalue weighted by atomic mass is 79.9. The molecule has 2 rings (SSSR count). The molecule has 0 amide bonds. The predicted octanol–water partition coefficient (Wildman–Crippen LogP) is 3.59. The van der Waals surface area contributed by atoms with E-state index in [1.807, 2.05) is 24.3 Å². The molecule has 94 valence electrons. The van der Waals surface area contributed by atoms with Crippen molar-refractivity contribution in [2.75, 3.05) is 6.54 Å². The quantitative estimate of drug-likeness (QED) is 0.925. The summed E-state index contributed by atoms with van der Waals surface area (Å²) in [5, 5.41) is 0. The maximum absolute atomic E-state index is 6.08. The molecule has 17 heavy (non-hydrogen) atoms. The number of hydrogen-bond acceptors (Lipinski definition) is 2. The van der Waals surface area contributed by atoms with Crippen LogP contribution in [0.4, 0.5) is 0 Å². The van der Waals surface area contributed by atoms with E-state index in [2.05, 4.69) is 22.9 Å². The lowest BCUT2D eigenvalue weighted by Gasteiger charge is -2.34. The van der Waals surface area contributed by atoms with Crippen molar-refractivity contribution in [1.82, 2.24) is 0 Å². The molecule has 0 saturated heterocycles. The molecule has 2 N–H and O–H groups in total. The molecule has 0 bridgehead atoms.